The lowest BCUT2D eigenvalue weighted by Crippen LogP contribution is -2.09. The van der Waals surface area contributed by atoms with E-state index < -0.39 is 0 Å². The first kappa shape index (κ1) is 22.8. The molecule has 0 fully saturated rings. The SMILES string of the molecule is COc1cc(C(c2c(C)n(C)c3ccccc23)c2c(C)n(C)c3ccccc23)cc(I)c1OC. The number of hydrogen-bond acceptors (Lipinski definition) is 2. The fourth-order valence-electron chi connectivity index (χ4n) is 5.41. The molecule has 0 unspecified atom stereocenters. The maximum absolute atomic E-state index is 5.79. The van der Waals surface area contributed by atoms with Crippen molar-refractivity contribution in [1.29, 1.82) is 0 Å². The van der Waals surface area contributed by atoms with Crippen LogP contribution in [0.1, 0.15) is 34.0 Å². The summed E-state index contributed by atoms with van der Waals surface area (Å²) in [6, 6.07) is 21.8. The molecule has 0 radical (unpaired) electrons. The molecule has 5 heteroatoms. The average Bonchev–Trinajstić information content (AvgIpc) is 3.25. The lowest BCUT2D eigenvalue weighted by molar-refractivity contribution is 0.352. The van der Waals surface area contributed by atoms with Crippen LogP contribution < -0.4 is 9.47 Å². The van der Waals surface area contributed by atoms with Gasteiger partial charge in [-0.1, -0.05) is 36.4 Å². The Bertz CT molecular complexity index is 1460. The van der Waals surface area contributed by atoms with E-state index in [-0.39, 0.29) is 5.92 Å². The number of benzene rings is 3. The zero-order valence-corrected chi connectivity index (χ0v) is 22.6. The molecule has 0 saturated heterocycles. The molecule has 5 rings (SSSR count). The van der Waals surface area contributed by atoms with Gasteiger partial charge in [0, 0.05) is 53.2 Å². The Balaban J connectivity index is 1.93. The van der Waals surface area contributed by atoms with E-state index in [1.54, 1.807) is 14.2 Å². The first-order valence-corrected chi connectivity index (χ1v) is 12.5. The largest absolute Gasteiger partial charge is 0.493 e. The molecule has 0 saturated carbocycles. The highest BCUT2D eigenvalue weighted by molar-refractivity contribution is 14.1. The molecule has 4 nitrogen and oxygen atoms in total. The normalized spacial score (nSPS) is 11.6. The van der Waals surface area contributed by atoms with Crippen molar-refractivity contribution in [2.24, 2.45) is 14.1 Å². The van der Waals surface area contributed by atoms with Gasteiger partial charge in [0.15, 0.2) is 11.5 Å². The molecule has 0 N–H and O–H groups in total. The highest BCUT2D eigenvalue weighted by Crippen LogP contribution is 2.46. The summed E-state index contributed by atoms with van der Waals surface area (Å²) >= 11 is 2.36. The fourth-order valence-corrected chi connectivity index (χ4v) is 6.26. The summed E-state index contributed by atoms with van der Waals surface area (Å²) in [7, 11) is 7.72. The van der Waals surface area contributed by atoms with Gasteiger partial charge in [-0.25, -0.2) is 0 Å². The predicted octanol–water partition coefficient (Wildman–Crippen LogP) is 7.09. The molecular weight excluding hydrogens is 535 g/mol. The van der Waals surface area contributed by atoms with Crippen LogP contribution in [0, 0.1) is 17.4 Å². The van der Waals surface area contributed by atoms with E-state index in [4.69, 9.17) is 9.47 Å². The first-order chi connectivity index (χ1) is 16.4. The quantitative estimate of drug-likeness (QED) is 0.213. The Hall–Kier alpha value is -2.93. The number of fused-ring (bicyclic) bond motifs is 2. The van der Waals surface area contributed by atoms with E-state index in [0.717, 1.165) is 15.1 Å². The highest BCUT2D eigenvalue weighted by Gasteiger charge is 2.30. The third kappa shape index (κ3) is 3.32. The summed E-state index contributed by atoms with van der Waals surface area (Å²) in [5, 5.41) is 2.56. The first-order valence-electron chi connectivity index (χ1n) is 11.4. The monoisotopic (exact) mass is 564 g/mol. The number of para-hydroxylation sites is 2. The molecule has 174 valence electrons. The van der Waals surface area contributed by atoms with E-state index in [1.807, 2.05) is 0 Å². The number of rotatable bonds is 5. The zero-order valence-electron chi connectivity index (χ0n) is 20.4. The van der Waals surface area contributed by atoms with Gasteiger partial charge in [0.1, 0.15) is 0 Å². The van der Waals surface area contributed by atoms with Gasteiger partial charge < -0.3 is 18.6 Å². The van der Waals surface area contributed by atoms with Gasteiger partial charge in [0.2, 0.25) is 0 Å². The van der Waals surface area contributed by atoms with Gasteiger partial charge >= 0.3 is 0 Å². The number of halogens is 1. The molecular formula is C29H29IN2O2. The molecule has 0 atom stereocenters. The number of aryl methyl sites for hydroxylation is 2. The Labute approximate surface area is 214 Å². The summed E-state index contributed by atoms with van der Waals surface area (Å²) in [5.74, 6) is 1.56. The molecule has 3 aromatic carbocycles. The van der Waals surface area contributed by atoms with E-state index >= 15 is 0 Å². The Kier molecular flexibility index (Phi) is 5.84. The van der Waals surface area contributed by atoms with E-state index in [9.17, 15) is 0 Å². The van der Waals surface area contributed by atoms with E-state index in [0.29, 0.717) is 0 Å². The third-order valence-electron chi connectivity index (χ3n) is 7.26. The van der Waals surface area contributed by atoms with E-state index in [1.165, 1.54) is 49.9 Å². The molecule has 0 amide bonds. The minimum atomic E-state index is 0.0329. The van der Waals surface area contributed by atoms with Crippen molar-refractivity contribution >= 4 is 44.4 Å². The van der Waals surface area contributed by atoms with Crippen LogP contribution in [0.15, 0.2) is 60.7 Å². The molecule has 5 aromatic rings. The topological polar surface area (TPSA) is 28.3 Å². The summed E-state index contributed by atoms with van der Waals surface area (Å²) in [6.45, 7) is 4.46. The Morgan fingerprint density at radius 1 is 0.735 bits per heavy atom. The second-order valence-corrected chi connectivity index (χ2v) is 9.98. The van der Waals surface area contributed by atoms with Gasteiger partial charge in [0.05, 0.1) is 17.8 Å². The van der Waals surface area contributed by atoms with Crippen molar-refractivity contribution in [3.05, 3.63) is 92.3 Å². The standard InChI is InChI=1S/C29H29IN2O2/c1-17-26(20-11-7-9-13-23(20)31(17)3)28(19-15-22(30)29(34-6)25(16-19)33-5)27-18(2)32(4)24-14-10-8-12-21(24)27/h7-16,28H,1-6H3. The van der Waals surface area contributed by atoms with Crippen LogP contribution in [-0.2, 0) is 14.1 Å². The number of hydrogen-bond donors (Lipinski definition) is 0. The smallest absolute Gasteiger partial charge is 0.174 e. The third-order valence-corrected chi connectivity index (χ3v) is 8.06. The second kappa shape index (κ2) is 8.69. The van der Waals surface area contributed by atoms with Crippen molar-refractivity contribution < 1.29 is 9.47 Å². The highest BCUT2D eigenvalue weighted by atomic mass is 127. The summed E-state index contributed by atoms with van der Waals surface area (Å²) in [5.41, 5.74) is 8.88. The number of methoxy groups -OCH3 is 2. The zero-order chi connectivity index (χ0) is 24.1. The molecule has 0 aliphatic rings. The number of nitrogens with zero attached hydrogens (tertiary/aromatic N) is 2. The van der Waals surface area contributed by atoms with Gasteiger partial charge in [-0.3, -0.25) is 0 Å². The van der Waals surface area contributed by atoms with Crippen LogP contribution in [0.4, 0.5) is 0 Å². The van der Waals surface area contributed by atoms with Crippen LogP contribution in [0.3, 0.4) is 0 Å². The van der Waals surface area contributed by atoms with Crippen LogP contribution in [0.25, 0.3) is 21.8 Å². The minimum Gasteiger partial charge on any atom is -0.493 e. The molecule has 34 heavy (non-hydrogen) atoms. The average molecular weight is 564 g/mol. The number of ether oxygens (including phenoxy) is 2. The maximum atomic E-state index is 5.79. The van der Waals surface area contributed by atoms with Gasteiger partial charge in [-0.05, 0) is 77.4 Å². The van der Waals surface area contributed by atoms with Crippen molar-refractivity contribution in [1.82, 2.24) is 9.13 Å². The molecule has 2 heterocycles. The van der Waals surface area contributed by atoms with Gasteiger partial charge in [-0.15, -0.1) is 0 Å². The summed E-state index contributed by atoms with van der Waals surface area (Å²) in [4.78, 5) is 0. The molecule has 2 aromatic heterocycles. The minimum absolute atomic E-state index is 0.0329. The Morgan fingerprint density at radius 3 is 1.71 bits per heavy atom. The number of aromatic nitrogens is 2. The maximum Gasteiger partial charge on any atom is 0.174 e. The molecule has 0 bridgehead atoms. The van der Waals surface area contributed by atoms with E-state index in [2.05, 4.69) is 120 Å². The molecule has 0 aliphatic carbocycles. The lowest BCUT2D eigenvalue weighted by atomic mass is 9.82. The predicted molar refractivity (Wildman–Crippen MR) is 149 cm³/mol. The van der Waals surface area contributed by atoms with Crippen molar-refractivity contribution in [2.75, 3.05) is 14.2 Å². The second-order valence-electron chi connectivity index (χ2n) is 8.82. The van der Waals surface area contributed by atoms with Crippen LogP contribution >= 0.6 is 22.6 Å². The van der Waals surface area contributed by atoms with Crippen LogP contribution in [0.2, 0.25) is 0 Å². The summed E-state index contributed by atoms with van der Waals surface area (Å²) in [6.07, 6.45) is 0. The van der Waals surface area contributed by atoms with Crippen molar-refractivity contribution in [3.8, 4) is 11.5 Å². The van der Waals surface area contributed by atoms with Crippen molar-refractivity contribution in [2.45, 2.75) is 19.8 Å². The Morgan fingerprint density at radius 2 is 1.24 bits per heavy atom. The van der Waals surface area contributed by atoms with Crippen molar-refractivity contribution in [3.63, 3.8) is 0 Å². The molecule has 0 spiro atoms. The summed E-state index contributed by atoms with van der Waals surface area (Å²) < 4.78 is 17.1. The van der Waals surface area contributed by atoms with Crippen LogP contribution in [-0.4, -0.2) is 23.4 Å². The lowest BCUT2D eigenvalue weighted by Gasteiger charge is -2.22. The molecule has 0 aliphatic heterocycles. The fraction of sp³-hybridized carbons (Fsp3) is 0.241. The van der Waals surface area contributed by atoms with Crippen LogP contribution in [0.5, 0.6) is 11.5 Å². The van der Waals surface area contributed by atoms with Gasteiger partial charge in [-0.2, -0.15) is 0 Å². The van der Waals surface area contributed by atoms with Gasteiger partial charge in [0.25, 0.3) is 0 Å².